The van der Waals surface area contributed by atoms with E-state index in [4.69, 9.17) is 9.47 Å². The number of benzene rings is 1. The van der Waals surface area contributed by atoms with Gasteiger partial charge in [-0.3, -0.25) is 4.79 Å². The van der Waals surface area contributed by atoms with Gasteiger partial charge < -0.3 is 9.47 Å². The molecule has 1 atom stereocenters. The molecule has 1 unspecified atom stereocenters. The lowest BCUT2D eigenvalue weighted by atomic mass is 10.1. The van der Waals surface area contributed by atoms with Gasteiger partial charge in [-0.05, 0) is 39.4 Å². The summed E-state index contributed by atoms with van der Waals surface area (Å²) in [6.45, 7) is 3.94. The lowest BCUT2D eigenvalue weighted by Crippen LogP contribution is -2.02. The summed E-state index contributed by atoms with van der Waals surface area (Å²) in [6, 6.07) is 3.71. The standard InChI is InChI=1S/C12H17O3P/c1-5-16-12(13)11-9(14-3)6-8(2)7-10(11)15-4/h6-7,16H,5H2,1-4H3. The van der Waals surface area contributed by atoms with E-state index in [1.165, 1.54) is 0 Å². The molecule has 3 nitrogen and oxygen atoms in total. The van der Waals surface area contributed by atoms with Crippen LogP contribution < -0.4 is 9.47 Å². The van der Waals surface area contributed by atoms with Gasteiger partial charge in [0.15, 0.2) is 5.52 Å². The predicted octanol–water partition coefficient (Wildman–Crippen LogP) is 2.85. The molecule has 0 spiro atoms. The second kappa shape index (κ2) is 5.86. The summed E-state index contributed by atoms with van der Waals surface area (Å²) >= 11 is 0. The lowest BCUT2D eigenvalue weighted by Gasteiger charge is -2.13. The maximum absolute atomic E-state index is 12.0. The van der Waals surface area contributed by atoms with E-state index >= 15 is 0 Å². The number of methoxy groups -OCH3 is 2. The van der Waals surface area contributed by atoms with Crippen molar-refractivity contribution in [3.05, 3.63) is 23.3 Å². The van der Waals surface area contributed by atoms with Crippen molar-refractivity contribution in [2.45, 2.75) is 13.8 Å². The van der Waals surface area contributed by atoms with Crippen LogP contribution in [0.15, 0.2) is 12.1 Å². The predicted molar refractivity (Wildman–Crippen MR) is 67.5 cm³/mol. The highest BCUT2D eigenvalue weighted by atomic mass is 31.1. The van der Waals surface area contributed by atoms with Crippen molar-refractivity contribution in [3.63, 3.8) is 0 Å². The molecule has 0 aliphatic rings. The van der Waals surface area contributed by atoms with Gasteiger partial charge in [-0.15, -0.1) is 0 Å². The summed E-state index contributed by atoms with van der Waals surface area (Å²) in [6.07, 6.45) is 0.846. The van der Waals surface area contributed by atoms with Gasteiger partial charge in [-0.25, -0.2) is 0 Å². The minimum absolute atomic E-state index is 0.0937. The molecule has 1 aromatic rings. The molecule has 0 saturated carbocycles. The molecule has 0 bridgehead atoms. The van der Waals surface area contributed by atoms with E-state index in [9.17, 15) is 4.79 Å². The van der Waals surface area contributed by atoms with Crippen LogP contribution >= 0.6 is 8.58 Å². The van der Waals surface area contributed by atoms with Crippen molar-refractivity contribution in [2.75, 3.05) is 20.4 Å². The fourth-order valence-electron chi connectivity index (χ4n) is 1.52. The average Bonchev–Trinajstić information content (AvgIpc) is 2.27. The number of carbonyl (C=O) groups is 1. The van der Waals surface area contributed by atoms with Gasteiger partial charge in [0.05, 0.1) is 14.2 Å². The van der Waals surface area contributed by atoms with Crippen molar-refractivity contribution in [3.8, 4) is 11.5 Å². The largest absolute Gasteiger partial charge is 0.496 e. The summed E-state index contributed by atoms with van der Waals surface area (Å²) in [4.78, 5) is 12.0. The molecule has 0 aromatic heterocycles. The maximum Gasteiger partial charge on any atom is 0.188 e. The lowest BCUT2D eigenvalue weighted by molar-refractivity contribution is 0.108. The molecule has 1 rings (SSSR count). The summed E-state index contributed by atoms with van der Waals surface area (Å²) in [5.74, 6) is 1.20. The fraction of sp³-hybridized carbons (Fsp3) is 0.417. The molecule has 0 amide bonds. The Morgan fingerprint density at radius 3 is 2.12 bits per heavy atom. The van der Waals surface area contributed by atoms with E-state index in [-0.39, 0.29) is 14.1 Å². The number of hydrogen-bond acceptors (Lipinski definition) is 3. The third-order valence-corrected chi connectivity index (χ3v) is 3.14. The molecule has 4 heteroatoms. The minimum Gasteiger partial charge on any atom is -0.496 e. The highest BCUT2D eigenvalue weighted by Crippen LogP contribution is 2.35. The smallest absolute Gasteiger partial charge is 0.188 e. The van der Waals surface area contributed by atoms with Crippen LogP contribution in [0.5, 0.6) is 11.5 Å². The second-order valence-electron chi connectivity index (χ2n) is 3.40. The summed E-state index contributed by atoms with van der Waals surface area (Å²) < 4.78 is 10.5. The molecular weight excluding hydrogens is 223 g/mol. The Morgan fingerprint density at radius 1 is 1.25 bits per heavy atom. The maximum atomic E-state index is 12.0. The van der Waals surface area contributed by atoms with Gasteiger partial charge in [-0.2, -0.15) is 0 Å². The zero-order chi connectivity index (χ0) is 12.1. The van der Waals surface area contributed by atoms with Crippen LogP contribution in [0.3, 0.4) is 0 Å². The third kappa shape index (κ3) is 2.73. The van der Waals surface area contributed by atoms with Crippen LogP contribution in [0.4, 0.5) is 0 Å². The van der Waals surface area contributed by atoms with Crippen LogP contribution in [0.2, 0.25) is 0 Å². The molecule has 16 heavy (non-hydrogen) atoms. The molecule has 1 aromatic carbocycles. The quantitative estimate of drug-likeness (QED) is 0.742. The molecule has 0 fully saturated rings. The van der Waals surface area contributed by atoms with Crippen LogP contribution in [-0.2, 0) is 0 Å². The third-order valence-electron chi connectivity index (χ3n) is 2.21. The second-order valence-corrected chi connectivity index (χ2v) is 4.92. The highest BCUT2D eigenvalue weighted by molar-refractivity contribution is 7.58. The van der Waals surface area contributed by atoms with E-state index in [2.05, 4.69) is 0 Å². The van der Waals surface area contributed by atoms with Gasteiger partial charge in [-0.1, -0.05) is 6.92 Å². The van der Waals surface area contributed by atoms with Gasteiger partial charge >= 0.3 is 0 Å². The number of carbonyl (C=O) groups excluding carboxylic acids is 1. The molecule has 0 saturated heterocycles. The van der Waals surface area contributed by atoms with E-state index in [1.807, 2.05) is 26.0 Å². The van der Waals surface area contributed by atoms with E-state index in [0.29, 0.717) is 17.1 Å². The summed E-state index contributed by atoms with van der Waals surface area (Å²) in [5, 5.41) is 0. The van der Waals surface area contributed by atoms with E-state index < -0.39 is 0 Å². The normalized spacial score (nSPS) is 10.8. The number of aryl methyl sites for hydroxylation is 1. The average molecular weight is 240 g/mol. The van der Waals surface area contributed by atoms with Gasteiger partial charge in [0.25, 0.3) is 0 Å². The van der Waals surface area contributed by atoms with Crippen LogP contribution in [-0.4, -0.2) is 25.9 Å². The van der Waals surface area contributed by atoms with Gasteiger partial charge in [0.2, 0.25) is 0 Å². The molecule has 0 heterocycles. The molecule has 0 aliphatic heterocycles. The summed E-state index contributed by atoms with van der Waals surface area (Å²) in [5.41, 5.74) is 1.68. The zero-order valence-electron chi connectivity index (χ0n) is 10.1. The Bertz CT molecular complexity index is 363. The highest BCUT2D eigenvalue weighted by Gasteiger charge is 2.18. The SMILES string of the molecule is CCPC(=O)c1c(OC)cc(C)cc1OC. The number of hydrogen-bond donors (Lipinski definition) is 0. The minimum atomic E-state index is 0.0937. The Labute approximate surface area is 97.9 Å². The summed E-state index contributed by atoms with van der Waals surface area (Å²) in [7, 11) is 3.40. The Morgan fingerprint density at radius 2 is 1.75 bits per heavy atom. The Kier molecular flexibility index (Phi) is 4.75. The molecule has 88 valence electrons. The molecular formula is C12H17O3P. The van der Waals surface area contributed by atoms with Crippen LogP contribution in [0.25, 0.3) is 0 Å². The number of rotatable bonds is 5. The van der Waals surface area contributed by atoms with E-state index in [0.717, 1.165) is 11.7 Å². The van der Waals surface area contributed by atoms with Crippen molar-refractivity contribution < 1.29 is 14.3 Å². The molecule has 0 radical (unpaired) electrons. The topological polar surface area (TPSA) is 35.5 Å². The van der Waals surface area contributed by atoms with Gasteiger partial charge in [0.1, 0.15) is 17.1 Å². The van der Waals surface area contributed by atoms with Crippen molar-refractivity contribution >= 4 is 14.1 Å². The van der Waals surface area contributed by atoms with Crippen molar-refractivity contribution in [1.82, 2.24) is 0 Å². The monoisotopic (exact) mass is 240 g/mol. The Balaban J connectivity index is 3.27. The zero-order valence-corrected chi connectivity index (χ0v) is 11.1. The number of ether oxygens (including phenoxy) is 2. The first kappa shape index (κ1) is 13.0. The van der Waals surface area contributed by atoms with Crippen molar-refractivity contribution in [1.29, 1.82) is 0 Å². The van der Waals surface area contributed by atoms with Gasteiger partial charge in [0, 0.05) is 0 Å². The first-order valence-corrected chi connectivity index (χ1v) is 6.35. The molecule has 0 aliphatic carbocycles. The van der Waals surface area contributed by atoms with Crippen LogP contribution in [0, 0.1) is 6.92 Å². The fourth-order valence-corrected chi connectivity index (χ4v) is 2.26. The first-order valence-electron chi connectivity index (χ1n) is 5.14. The Hall–Kier alpha value is -1.08. The van der Waals surface area contributed by atoms with Crippen molar-refractivity contribution in [2.24, 2.45) is 0 Å². The van der Waals surface area contributed by atoms with Crippen LogP contribution in [0.1, 0.15) is 22.8 Å². The molecule has 0 N–H and O–H groups in total. The first-order chi connectivity index (χ1) is 7.63. The van der Waals surface area contributed by atoms with E-state index in [1.54, 1.807) is 14.2 Å².